The van der Waals surface area contributed by atoms with Crippen LogP contribution < -0.4 is 10.2 Å². The Hall–Kier alpha value is -1.84. The molecule has 1 aromatic carbocycles. The topological polar surface area (TPSA) is 49.4 Å². The summed E-state index contributed by atoms with van der Waals surface area (Å²) in [5.74, 6) is -0.200. The number of para-hydroxylation sites is 1. The number of carbonyl (C=O) groups is 2. The summed E-state index contributed by atoms with van der Waals surface area (Å²) in [5.41, 5.74) is 1.81. The summed E-state index contributed by atoms with van der Waals surface area (Å²) in [5, 5.41) is 2.93. The lowest BCUT2D eigenvalue weighted by Crippen LogP contribution is -2.41. The number of amides is 2. The highest BCUT2D eigenvalue weighted by atomic mass is 16.2. The summed E-state index contributed by atoms with van der Waals surface area (Å²) < 4.78 is 0. The van der Waals surface area contributed by atoms with Crippen LogP contribution in [-0.4, -0.2) is 24.4 Å². The highest BCUT2D eigenvalue weighted by molar-refractivity contribution is 5.98. The van der Waals surface area contributed by atoms with Crippen molar-refractivity contribution in [2.75, 3.05) is 11.4 Å². The number of hydrogen-bond donors (Lipinski definition) is 1. The molecule has 0 bridgehead atoms. The van der Waals surface area contributed by atoms with E-state index in [1.165, 1.54) is 6.92 Å². The van der Waals surface area contributed by atoms with E-state index in [2.05, 4.69) is 26.1 Å². The van der Waals surface area contributed by atoms with Gasteiger partial charge in [-0.25, -0.2) is 0 Å². The minimum absolute atomic E-state index is 0.0823. The van der Waals surface area contributed by atoms with E-state index in [0.29, 0.717) is 6.04 Å². The summed E-state index contributed by atoms with van der Waals surface area (Å²) in [6.45, 7) is 7.90. The van der Waals surface area contributed by atoms with E-state index in [1.807, 2.05) is 24.3 Å². The fourth-order valence-electron chi connectivity index (χ4n) is 2.35. The van der Waals surface area contributed by atoms with Crippen LogP contribution in [0.25, 0.3) is 0 Å². The van der Waals surface area contributed by atoms with Gasteiger partial charge in [0.25, 0.3) is 0 Å². The van der Waals surface area contributed by atoms with Crippen LogP contribution in [0.15, 0.2) is 24.3 Å². The first-order chi connectivity index (χ1) is 9.79. The molecule has 21 heavy (non-hydrogen) atoms. The molecular formula is C17H24N2O2. The molecule has 4 nitrogen and oxygen atoms in total. The molecule has 4 heteroatoms. The molecule has 1 saturated carbocycles. The maximum absolute atomic E-state index is 12.0. The Balaban J connectivity index is 2.25. The molecule has 0 aromatic heterocycles. The number of rotatable bonds is 4. The molecule has 1 aliphatic rings. The lowest BCUT2D eigenvalue weighted by molar-refractivity contribution is -0.123. The lowest BCUT2D eigenvalue weighted by atomic mass is 9.85. The summed E-state index contributed by atoms with van der Waals surface area (Å²) in [4.78, 5) is 25.6. The van der Waals surface area contributed by atoms with Gasteiger partial charge in [0.1, 0.15) is 6.54 Å². The maximum atomic E-state index is 12.0. The monoisotopic (exact) mass is 288 g/mol. The van der Waals surface area contributed by atoms with E-state index < -0.39 is 0 Å². The Morgan fingerprint density at radius 1 is 1.24 bits per heavy atom. The second-order valence-electron chi connectivity index (χ2n) is 6.71. The van der Waals surface area contributed by atoms with E-state index in [-0.39, 0.29) is 23.8 Å². The zero-order chi connectivity index (χ0) is 15.6. The van der Waals surface area contributed by atoms with Gasteiger partial charge in [0.05, 0.1) is 0 Å². The molecule has 0 spiro atoms. The van der Waals surface area contributed by atoms with Crippen LogP contribution in [0.1, 0.15) is 46.1 Å². The molecule has 1 aliphatic carbocycles. The fourth-order valence-corrected chi connectivity index (χ4v) is 2.35. The van der Waals surface area contributed by atoms with Crippen LogP contribution >= 0.6 is 0 Å². The maximum Gasteiger partial charge on any atom is 0.240 e. The first-order valence-electron chi connectivity index (χ1n) is 7.46. The first-order valence-corrected chi connectivity index (χ1v) is 7.46. The van der Waals surface area contributed by atoms with Crippen molar-refractivity contribution in [1.29, 1.82) is 0 Å². The number of nitrogens with one attached hydrogen (secondary N) is 1. The minimum atomic E-state index is -0.113. The lowest BCUT2D eigenvalue weighted by Gasteiger charge is -2.29. The second-order valence-corrected chi connectivity index (χ2v) is 6.71. The van der Waals surface area contributed by atoms with Crippen LogP contribution in [0.3, 0.4) is 0 Å². The van der Waals surface area contributed by atoms with Gasteiger partial charge in [-0.3, -0.25) is 9.59 Å². The van der Waals surface area contributed by atoms with Crippen LogP contribution in [0.5, 0.6) is 0 Å². The molecule has 1 fully saturated rings. The molecule has 1 N–H and O–H groups in total. The third kappa shape index (κ3) is 4.06. The van der Waals surface area contributed by atoms with Crippen molar-refractivity contribution >= 4 is 17.5 Å². The van der Waals surface area contributed by atoms with Crippen molar-refractivity contribution in [3.63, 3.8) is 0 Å². The molecule has 0 saturated heterocycles. The Kier molecular flexibility index (Phi) is 4.35. The predicted octanol–water partition coefficient (Wildman–Crippen LogP) is 2.62. The highest BCUT2D eigenvalue weighted by Crippen LogP contribution is 2.32. The average molecular weight is 288 g/mol. The van der Waals surface area contributed by atoms with E-state index in [9.17, 15) is 9.59 Å². The van der Waals surface area contributed by atoms with Gasteiger partial charge in [0, 0.05) is 18.7 Å². The van der Waals surface area contributed by atoms with Crippen LogP contribution in [0, 0.1) is 0 Å². The molecule has 1 aromatic rings. The van der Waals surface area contributed by atoms with E-state index in [1.54, 1.807) is 4.90 Å². The van der Waals surface area contributed by atoms with Gasteiger partial charge < -0.3 is 10.2 Å². The number of nitrogens with zero attached hydrogens (tertiary/aromatic N) is 1. The number of anilines is 1. The van der Waals surface area contributed by atoms with Gasteiger partial charge in [-0.05, 0) is 29.9 Å². The van der Waals surface area contributed by atoms with Crippen molar-refractivity contribution in [3.8, 4) is 0 Å². The summed E-state index contributed by atoms with van der Waals surface area (Å²) in [6.07, 6.45) is 2.09. The Morgan fingerprint density at radius 3 is 2.38 bits per heavy atom. The Morgan fingerprint density at radius 2 is 1.86 bits per heavy atom. The largest absolute Gasteiger partial charge is 0.352 e. The van der Waals surface area contributed by atoms with E-state index in [4.69, 9.17) is 0 Å². The SMILES string of the molecule is CC(=O)N(CC(=O)NC1CC1)c1ccccc1C(C)(C)C. The van der Waals surface area contributed by atoms with Gasteiger partial charge >= 0.3 is 0 Å². The standard InChI is InChI=1S/C17H24N2O2/c1-12(20)19(11-16(21)18-13-9-10-13)15-8-6-5-7-14(15)17(2,3)4/h5-8,13H,9-11H2,1-4H3,(H,18,21). The van der Waals surface area contributed by atoms with E-state index in [0.717, 1.165) is 24.1 Å². The summed E-state index contributed by atoms with van der Waals surface area (Å²) >= 11 is 0. The molecule has 114 valence electrons. The molecule has 0 radical (unpaired) electrons. The third-order valence-electron chi connectivity index (χ3n) is 3.63. The normalized spacial score (nSPS) is 14.7. The average Bonchev–Trinajstić information content (AvgIpc) is 3.18. The van der Waals surface area contributed by atoms with Gasteiger partial charge in [0.15, 0.2) is 0 Å². The molecule has 2 amide bonds. The minimum Gasteiger partial charge on any atom is -0.352 e. The Labute approximate surface area is 126 Å². The van der Waals surface area contributed by atoms with Gasteiger partial charge in [0.2, 0.25) is 11.8 Å². The van der Waals surface area contributed by atoms with Crippen LogP contribution in [0.4, 0.5) is 5.69 Å². The van der Waals surface area contributed by atoms with Gasteiger partial charge in [-0.2, -0.15) is 0 Å². The zero-order valence-electron chi connectivity index (χ0n) is 13.3. The number of benzene rings is 1. The molecular weight excluding hydrogens is 264 g/mol. The summed E-state index contributed by atoms with van der Waals surface area (Å²) in [6, 6.07) is 8.10. The molecule has 0 aliphatic heterocycles. The third-order valence-corrected chi connectivity index (χ3v) is 3.63. The second kappa shape index (κ2) is 5.88. The quantitative estimate of drug-likeness (QED) is 0.926. The molecule has 0 heterocycles. The summed E-state index contributed by atoms with van der Waals surface area (Å²) in [7, 11) is 0. The highest BCUT2D eigenvalue weighted by Gasteiger charge is 2.27. The number of carbonyl (C=O) groups excluding carboxylic acids is 2. The van der Waals surface area contributed by atoms with E-state index >= 15 is 0 Å². The molecule has 2 rings (SSSR count). The smallest absolute Gasteiger partial charge is 0.240 e. The van der Waals surface area contributed by atoms with Crippen molar-refractivity contribution in [2.45, 2.75) is 52.0 Å². The Bertz CT molecular complexity index is 542. The van der Waals surface area contributed by atoms with Crippen LogP contribution in [-0.2, 0) is 15.0 Å². The van der Waals surface area contributed by atoms with Crippen molar-refractivity contribution < 1.29 is 9.59 Å². The fraction of sp³-hybridized carbons (Fsp3) is 0.529. The predicted molar refractivity (Wildman–Crippen MR) is 84.3 cm³/mol. The van der Waals surface area contributed by atoms with Crippen molar-refractivity contribution in [2.24, 2.45) is 0 Å². The number of hydrogen-bond acceptors (Lipinski definition) is 2. The molecule has 0 atom stereocenters. The first kappa shape index (κ1) is 15.5. The van der Waals surface area contributed by atoms with Crippen molar-refractivity contribution in [3.05, 3.63) is 29.8 Å². The zero-order valence-corrected chi connectivity index (χ0v) is 13.3. The van der Waals surface area contributed by atoms with Gasteiger partial charge in [-0.1, -0.05) is 39.0 Å². The van der Waals surface area contributed by atoms with Crippen molar-refractivity contribution in [1.82, 2.24) is 5.32 Å². The van der Waals surface area contributed by atoms with Crippen LogP contribution in [0.2, 0.25) is 0 Å². The van der Waals surface area contributed by atoms with Gasteiger partial charge in [-0.15, -0.1) is 0 Å². The molecule has 0 unspecified atom stereocenters.